The van der Waals surface area contributed by atoms with Crippen LogP contribution in [-0.4, -0.2) is 31.3 Å². The van der Waals surface area contributed by atoms with E-state index in [-0.39, 0.29) is 5.78 Å². The van der Waals surface area contributed by atoms with E-state index in [0.29, 0.717) is 22.7 Å². The lowest BCUT2D eigenvalue weighted by molar-refractivity contribution is -0.115. The number of anilines is 1. The zero-order valence-corrected chi connectivity index (χ0v) is 12.0. The number of halogens is 1. The number of Topliss-reactive ketones (excluding diaryl/α,β-unsaturated/α-hetero) is 1. The lowest BCUT2D eigenvalue weighted by Gasteiger charge is -2.14. The highest BCUT2D eigenvalue weighted by molar-refractivity contribution is 6.32. The van der Waals surface area contributed by atoms with E-state index >= 15 is 0 Å². The summed E-state index contributed by atoms with van der Waals surface area (Å²) in [6.07, 6.45) is 0. The molecule has 0 fully saturated rings. The topological polar surface area (TPSA) is 64.6 Å². The molecule has 1 aromatic carbocycles. The van der Waals surface area contributed by atoms with Gasteiger partial charge in [-0.1, -0.05) is 0 Å². The molecule has 0 spiro atoms. The van der Waals surface area contributed by atoms with Gasteiger partial charge in [-0.15, -0.1) is 11.6 Å². The summed E-state index contributed by atoms with van der Waals surface area (Å²) in [6.45, 7) is 2.95. The normalized spacial score (nSPS) is 11.6. The average molecular weight is 286 g/mol. The van der Waals surface area contributed by atoms with E-state index in [1.165, 1.54) is 33.3 Å². The van der Waals surface area contributed by atoms with E-state index < -0.39 is 11.3 Å². The van der Waals surface area contributed by atoms with Gasteiger partial charge in [0, 0.05) is 11.6 Å². The third kappa shape index (κ3) is 3.61. The summed E-state index contributed by atoms with van der Waals surface area (Å²) in [5.41, 5.74) is 0.686. The van der Waals surface area contributed by atoms with E-state index in [1.807, 2.05) is 0 Å². The van der Waals surface area contributed by atoms with Crippen LogP contribution >= 0.6 is 11.6 Å². The number of ketones is 1. The molecule has 0 radical (unpaired) electrons. The van der Waals surface area contributed by atoms with Crippen molar-refractivity contribution in [3.63, 3.8) is 0 Å². The zero-order chi connectivity index (χ0) is 14.6. The minimum absolute atomic E-state index is 0.196. The molecule has 1 rings (SSSR count). The lowest BCUT2D eigenvalue weighted by atomic mass is 10.1. The number of alkyl halides is 1. The Morgan fingerprint density at radius 2 is 1.74 bits per heavy atom. The first-order valence-electron chi connectivity index (χ1n) is 5.62. The number of methoxy groups -OCH3 is 2. The SMILES string of the molecule is COc1cc(NC(=O)[C@H](C)Cl)c(C(C)=O)cc1OC. The van der Waals surface area contributed by atoms with Gasteiger partial charge in [0.2, 0.25) is 5.91 Å². The second-order valence-electron chi connectivity index (χ2n) is 3.91. The number of carbonyl (C=O) groups is 2. The van der Waals surface area contributed by atoms with E-state index in [0.717, 1.165) is 0 Å². The lowest BCUT2D eigenvalue weighted by Crippen LogP contribution is -2.21. The molecular formula is C13H16ClNO4. The molecule has 0 saturated carbocycles. The van der Waals surface area contributed by atoms with Crippen molar-refractivity contribution in [2.75, 3.05) is 19.5 Å². The van der Waals surface area contributed by atoms with Gasteiger partial charge >= 0.3 is 0 Å². The van der Waals surface area contributed by atoms with Crippen LogP contribution in [0.4, 0.5) is 5.69 Å². The van der Waals surface area contributed by atoms with E-state index in [2.05, 4.69) is 5.32 Å². The number of benzene rings is 1. The Balaban J connectivity index is 3.27. The number of ether oxygens (including phenoxy) is 2. The zero-order valence-electron chi connectivity index (χ0n) is 11.2. The van der Waals surface area contributed by atoms with E-state index in [9.17, 15) is 9.59 Å². The maximum Gasteiger partial charge on any atom is 0.242 e. The summed E-state index contributed by atoms with van der Waals surface area (Å²) < 4.78 is 10.3. The summed E-state index contributed by atoms with van der Waals surface area (Å²) in [5, 5.41) is 1.89. The van der Waals surface area contributed by atoms with Crippen molar-refractivity contribution in [1.29, 1.82) is 0 Å². The standard InChI is InChI=1S/C13H16ClNO4/c1-7(14)13(17)15-10-6-12(19-4)11(18-3)5-9(10)8(2)16/h5-7H,1-4H3,(H,15,17)/t7-/m0/s1. The van der Waals surface area contributed by atoms with Gasteiger partial charge in [0.25, 0.3) is 0 Å². The van der Waals surface area contributed by atoms with E-state index in [1.54, 1.807) is 6.92 Å². The first-order chi connectivity index (χ1) is 8.90. The number of hydrogen-bond acceptors (Lipinski definition) is 4. The highest BCUT2D eigenvalue weighted by Gasteiger charge is 2.17. The molecule has 1 atom stereocenters. The number of amides is 1. The van der Waals surface area contributed by atoms with Crippen molar-refractivity contribution in [1.82, 2.24) is 0 Å². The fraction of sp³-hybridized carbons (Fsp3) is 0.385. The summed E-state index contributed by atoms with van der Waals surface area (Å²) >= 11 is 5.69. The molecule has 0 aliphatic carbocycles. The van der Waals surface area contributed by atoms with Crippen LogP contribution in [0, 0.1) is 0 Å². The molecule has 104 valence electrons. The highest BCUT2D eigenvalue weighted by atomic mass is 35.5. The predicted octanol–water partition coefficient (Wildman–Crippen LogP) is 2.47. The van der Waals surface area contributed by atoms with Gasteiger partial charge in [0.1, 0.15) is 5.38 Å². The van der Waals surface area contributed by atoms with Crippen LogP contribution in [0.2, 0.25) is 0 Å². The van der Waals surface area contributed by atoms with Crippen molar-refractivity contribution in [3.8, 4) is 11.5 Å². The van der Waals surface area contributed by atoms with Crippen molar-refractivity contribution < 1.29 is 19.1 Å². The third-order valence-corrected chi connectivity index (χ3v) is 2.72. The second kappa shape index (κ2) is 6.43. The van der Waals surface area contributed by atoms with Crippen LogP contribution in [0.25, 0.3) is 0 Å². The number of carbonyl (C=O) groups excluding carboxylic acids is 2. The Morgan fingerprint density at radius 1 is 1.21 bits per heavy atom. The highest BCUT2D eigenvalue weighted by Crippen LogP contribution is 2.33. The number of hydrogen-bond donors (Lipinski definition) is 1. The predicted molar refractivity (Wildman–Crippen MR) is 73.5 cm³/mol. The molecule has 0 unspecified atom stereocenters. The Labute approximate surface area is 116 Å². The molecule has 6 heteroatoms. The molecule has 19 heavy (non-hydrogen) atoms. The van der Waals surface area contributed by atoms with Gasteiger partial charge in [0.15, 0.2) is 17.3 Å². The fourth-order valence-corrected chi connectivity index (χ4v) is 1.56. The maximum atomic E-state index is 11.6. The smallest absolute Gasteiger partial charge is 0.242 e. The van der Waals surface area contributed by atoms with Crippen LogP contribution < -0.4 is 14.8 Å². The van der Waals surface area contributed by atoms with Crippen molar-refractivity contribution in [2.45, 2.75) is 19.2 Å². The molecule has 0 bridgehead atoms. The van der Waals surface area contributed by atoms with Gasteiger partial charge in [-0.25, -0.2) is 0 Å². The molecule has 0 aliphatic rings. The molecular weight excluding hydrogens is 270 g/mol. The summed E-state index contributed by atoms with van der Waals surface area (Å²) in [7, 11) is 2.95. The van der Waals surface area contributed by atoms with Gasteiger partial charge in [-0.2, -0.15) is 0 Å². The Hall–Kier alpha value is -1.75. The molecule has 5 nitrogen and oxygen atoms in total. The van der Waals surface area contributed by atoms with E-state index in [4.69, 9.17) is 21.1 Å². The largest absolute Gasteiger partial charge is 0.493 e. The molecule has 0 aliphatic heterocycles. The van der Waals surface area contributed by atoms with Crippen LogP contribution in [0.5, 0.6) is 11.5 Å². The Morgan fingerprint density at radius 3 is 2.16 bits per heavy atom. The van der Waals surface area contributed by atoms with Crippen molar-refractivity contribution in [2.24, 2.45) is 0 Å². The van der Waals surface area contributed by atoms with Gasteiger partial charge in [0.05, 0.1) is 19.9 Å². The minimum Gasteiger partial charge on any atom is -0.493 e. The van der Waals surface area contributed by atoms with Crippen LogP contribution in [0.15, 0.2) is 12.1 Å². The molecule has 0 aromatic heterocycles. The minimum atomic E-state index is -0.701. The summed E-state index contributed by atoms with van der Waals surface area (Å²) in [6, 6.07) is 3.06. The fourth-order valence-electron chi connectivity index (χ4n) is 1.51. The van der Waals surface area contributed by atoms with Gasteiger partial charge in [-0.05, 0) is 19.9 Å². The first-order valence-corrected chi connectivity index (χ1v) is 6.06. The molecule has 0 saturated heterocycles. The third-order valence-electron chi connectivity index (χ3n) is 2.52. The summed E-state index contributed by atoms with van der Waals surface area (Å²) in [4.78, 5) is 23.2. The van der Waals surface area contributed by atoms with Crippen LogP contribution in [-0.2, 0) is 4.79 Å². The van der Waals surface area contributed by atoms with Crippen molar-refractivity contribution in [3.05, 3.63) is 17.7 Å². The second-order valence-corrected chi connectivity index (χ2v) is 4.57. The summed E-state index contributed by atoms with van der Waals surface area (Å²) in [5.74, 6) is 0.254. The molecule has 1 amide bonds. The number of rotatable bonds is 5. The van der Waals surface area contributed by atoms with Gasteiger partial charge in [-0.3, -0.25) is 9.59 Å². The monoisotopic (exact) mass is 285 g/mol. The number of nitrogens with one attached hydrogen (secondary N) is 1. The first kappa shape index (κ1) is 15.3. The van der Waals surface area contributed by atoms with Crippen LogP contribution in [0.3, 0.4) is 0 Å². The average Bonchev–Trinajstić information content (AvgIpc) is 2.37. The quantitative estimate of drug-likeness (QED) is 0.667. The molecule has 1 aromatic rings. The van der Waals surface area contributed by atoms with Crippen molar-refractivity contribution >= 4 is 29.0 Å². The van der Waals surface area contributed by atoms with Gasteiger partial charge < -0.3 is 14.8 Å². The van der Waals surface area contributed by atoms with Crippen LogP contribution in [0.1, 0.15) is 24.2 Å². The molecule has 1 N–H and O–H groups in total. The Kier molecular flexibility index (Phi) is 5.18. The Bertz CT molecular complexity index is 500. The maximum absolute atomic E-state index is 11.6. The molecule has 0 heterocycles.